The third kappa shape index (κ3) is 8.03. The molecule has 0 spiro atoms. The fraction of sp³-hybridized carbons (Fsp3) is 0.357. The molecule has 1 aliphatic heterocycles. The van der Waals surface area contributed by atoms with Crippen molar-refractivity contribution in [2.75, 3.05) is 39.9 Å². The van der Waals surface area contributed by atoms with Gasteiger partial charge >= 0.3 is 6.09 Å². The molecule has 10 nitrogen and oxygen atoms in total. The molecular weight excluding hydrogens is 571 g/mol. The second-order valence-electron chi connectivity index (χ2n) is 9.55. The van der Waals surface area contributed by atoms with Crippen molar-refractivity contribution >= 4 is 33.5 Å². The number of thiophene rings is 1. The van der Waals surface area contributed by atoms with E-state index in [1.54, 1.807) is 47.7 Å². The fourth-order valence-corrected chi connectivity index (χ4v) is 6.83. The first-order chi connectivity index (χ1) is 19.7. The third-order valence-electron chi connectivity index (χ3n) is 6.97. The molecule has 3 aromatic rings. The number of alkyl carbamates (subject to hydrolysis) is 1. The second kappa shape index (κ2) is 13.9. The molecule has 0 radical (unpaired) electrons. The smallest absolute Gasteiger partial charge is 0.407 e. The van der Waals surface area contributed by atoms with E-state index >= 15 is 0 Å². The highest BCUT2D eigenvalue weighted by molar-refractivity contribution is 7.87. The summed E-state index contributed by atoms with van der Waals surface area (Å²) in [6.45, 7) is 0.786. The number of nitrogens with zero attached hydrogens (tertiary/aromatic N) is 1. The highest BCUT2D eigenvalue weighted by Crippen LogP contribution is 2.38. The molecule has 13 heteroatoms. The Labute approximate surface area is 243 Å². The number of hydrogen-bond acceptors (Lipinski definition) is 7. The summed E-state index contributed by atoms with van der Waals surface area (Å²) in [5, 5.41) is 7.54. The number of para-hydroxylation sites is 1. The molecule has 0 unspecified atom stereocenters. The maximum atomic E-state index is 13.0. The number of nitrogens with one attached hydrogen (secondary N) is 3. The average Bonchev–Trinajstić information content (AvgIpc) is 3.54. The van der Waals surface area contributed by atoms with Gasteiger partial charge < -0.3 is 20.1 Å². The quantitative estimate of drug-likeness (QED) is 0.272. The Balaban J connectivity index is 1.26. The highest BCUT2D eigenvalue weighted by atomic mass is 32.2. The SMILES string of the molecule is COc1ccccc1C(=O)NCC1(c2cccs2)CCN(S(=O)(=O)NCCOC(=O)NCc2ccc(F)cc2)CC1. The van der Waals surface area contributed by atoms with Gasteiger partial charge in [-0.3, -0.25) is 4.79 Å². The van der Waals surface area contributed by atoms with Crippen molar-refractivity contribution in [3.8, 4) is 5.75 Å². The topological polar surface area (TPSA) is 126 Å². The van der Waals surface area contributed by atoms with Crippen LogP contribution in [0.15, 0.2) is 66.0 Å². The lowest BCUT2D eigenvalue weighted by Gasteiger charge is -2.41. The van der Waals surface area contributed by atoms with E-state index in [0.717, 1.165) is 4.88 Å². The molecule has 0 bridgehead atoms. The molecule has 3 N–H and O–H groups in total. The van der Waals surface area contributed by atoms with Gasteiger partial charge in [-0.2, -0.15) is 17.4 Å². The Kier molecular flexibility index (Phi) is 10.3. The molecule has 0 atom stereocenters. The lowest BCUT2D eigenvalue weighted by molar-refractivity contribution is 0.0930. The van der Waals surface area contributed by atoms with E-state index in [1.165, 1.54) is 23.5 Å². The molecule has 2 amide bonds. The van der Waals surface area contributed by atoms with Crippen molar-refractivity contribution in [1.82, 2.24) is 19.7 Å². The molecule has 1 saturated heterocycles. The summed E-state index contributed by atoms with van der Waals surface area (Å²) in [6, 6.07) is 16.6. The van der Waals surface area contributed by atoms with Crippen molar-refractivity contribution in [2.45, 2.75) is 24.8 Å². The van der Waals surface area contributed by atoms with E-state index in [2.05, 4.69) is 15.4 Å². The molecular formula is C28H33FN4O6S2. The van der Waals surface area contributed by atoms with Gasteiger partial charge in [-0.15, -0.1) is 11.3 Å². The van der Waals surface area contributed by atoms with Crippen LogP contribution in [0.3, 0.4) is 0 Å². The normalized spacial score (nSPS) is 15.2. The predicted molar refractivity (Wildman–Crippen MR) is 154 cm³/mol. The number of halogens is 1. The molecule has 0 aliphatic carbocycles. The number of piperidine rings is 1. The molecule has 0 saturated carbocycles. The minimum Gasteiger partial charge on any atom is -0.496 e. The maximum absolute atomic E-state index is 13.0. The lowest BCUT2D eigenvalue weighted by Crippen LogP contribution is -2.52. The first-order valence-corrected chi connectivity index (χ1v) is 15.4. The number of carbonyl (C=O) groups excluding carboxylic acids is 2. The zero-order valence-corrected chi connectivity index (χ0v) is 24.2. The van der Waals surface area contributed by atoms with Gasteiger partial charge in [0.25, 0.3) is 16.1 Å². The Morgan fingerprint density at radius 3 is 2.44 bits per heavy atom. The largest absolute Gasteiger partial charge is 0.496 e. The molecule has 2 heterocycles. The number of hydrogen-bond donors (Lipinski definition) is 3. The highest BCUT2D eigenvalue weighted by Gasteiger charge is 2.40. The van der Waals surface area contributed by atoms with Gasteiger partial charge in [0.15, 0.2) is 0 Å². The number of amides is 2. The average molecular weight is 605 g/mol. The van der Waals surface area contributed by atoms with E-state index in [9.17, 15) is 22.4 Å². The molecule has 1 aliphatic rings. The van der Waals surface area contributed by atoms with Crippen molar-refractivity contribution in [3.63, 3.8) is 0 Å². The van der Waals surface area contributed by atoms with Crippen LogP contribution in [-0.2, 0) is 26.9 Å². The van der Waals surface area contributed by atoms with Crippen LogP contribution in [-0.4, -0.2) is 64.6 Å². The van der Waals surface area contributed by atoms with E-state index in [0.29, 0.717) is 36.3 Å². The summed E-state index contributed by atoms with van der Waals surface area (Å²) in [5.74, 6) is -0.140. The monoisotopic (exact) mass is 604 g/mol. The summed E-state index contributed by atoms with van der Waals surface area (Å²) in [5.41, 5.74) is 0.725. The van der Waals surface area contributed by atoms with Crippen LogP contribution in [0, 0.1) is 5.82 Å². The summed E-state index contributed by atoms with van der Waals surface area (Å²) in [6.07, 6.45) is 0.327. The Bertz CT molecular complexity index is 1410. The summed E-state index contributed by atoms with van der Waals surface area (Å²) in [7, 11) is -2.29. The van der Waals surface area contributed by atoms with Gasteiger partial charge in [-0.1, -0.05) is 30.3 Å². The number of rotatable bonds is 12. The molecule has 220 valence electrons. The summed E-state index contributed by atoms with van der Waals surface area (Å²) >= 11 is 1.58. The van der Waals surface area contributed by atoms with E-state index in [1.807, 2.05) is 17.5 Å². The predicted octanol–water partition coefficient (Wildman–Crippen LogP) is 3.42. The van der Waals surface area contributed by atoms with Crippen LogP contribution in [0.5, 0.6) is 5.75 Å². The number of methoxy groups -OCH3 is 1. The molecule has 41 heavy (non-hydrogen) atoms. The van der Waals surface area contributed by atoms with E-state index < -0.39 is 21.7 Å². The Morgan fingerprint density at radius 1 is 1.02 bits per heavy atom. The van der Waals surface area contributed by atoms with Gasteiger partial charge in [0.05, 0.1) is 12.7 Å². The van der Waals surface area contributed by atoms with Crippen LogP contribution in [0.1, 0.15) is 33.6 Å². The number of ether oxygens (including phenoxy) is 2. The van der Waals surface area contributed by atoms with Crippen molar-refractivity contribution in [1.29, 1.82) is 0 Å². The van der Waals surface area contributed by atoms with Crippen molar-refractivity contribution in [3.05, 3.63) is 87.9 Å². The standard InChI is InChI=1S/C28H33FN4O6S2/c1-38-24-6-3-2-5-23(24)26(34)31-20-28(25-7-4-18-40-25)12-15-33(16-13-28)41(36,37)32-14-17-39-27(35)30-19-21-8-10-22(29)11-9-21/h2-11,18,32H,12-17,19-20H2,1H3,(H,30,35)(H,31,34). The van der Waals surface area contributed by atoms with Crippen LogP contribution < -0.4 is 20.1 Å². The van der Waals surface area contributed by atoms with Gasteiger partial charge in [-0.05, 0) is 54.1 Å². The van der Waals surface area contributed by atoms with Gasteiger partial charge in [0.2, 0.25) is 0 Å². The zero-order chi connectivity index (χ0) is 29.3. The van der Waals surface area contributed by atoms with Crippen LogP contribution in [0.25, 0.3) is 0 Å². The zero-order valence-electron chi connectivity index (χ0n) is 22.6. The summed E-state index contributed by atoms with van der Waals surface area (Å²) in [4.78, 5) is 25.9. The van der Waals surface area contributed by atoms with Crippen LogP contribution in [0.2, 0.25) is 0 Å². The summed E-state index contributed by atoms with van der Waals surface area (Å²) < 4.78 is 53.1. The molecule has 1 aromatic heterocycles. The van der Waals surface area contributed by atoms with Gasteiger partial charge in [0.1, 0.15) is 18.2 Å². The van der Waals surface area contributed by atoms with Crippen LogP contribution >= 0.6 is 11.3 Å². The van der Waals surface area contributed by atoms with Crippen LogP contribution in [0.4, 0.5) is 9.18 Å². The first kappa shape index (κ1) is 30.4. The second-order valence-corrected chi connectivity index (χ2v) is 12.3. The number of benzene rings is 2. The molecule has 4 rings (SSSR count). The molecule has 1 fully saturated rings. The van der Waals surface area contributed by atoms with E-state index in [4.69, 9.17) is 9.47 Å². The third-order valence-corrected chi connectivity index (χ3v) is 9.70. The van der Waals surface area contributed by atoms with Crippen molar-refractivity contribution in [2.24, 2.45) is 0 Å². The Morgan fingerprint density at radius 2 is 1.76 bits per heavy atom. The minimum atomic E-state index is -3.81. The van der Waals surface area contributed by atoms with Gasteiger partial charge in [-0.25, -0.2) is 9.18 Å². The number of carbonyl (C=O) groups is 2. The van der Waals surface area contributed by atoms with Crippen molar-refractivity contribution < 1.29 is 31.9 Å². The maximum Gasteiger partial charge on any atom is 0.407 e. The Hall–Kier alpha value is -3.52. The van der Waals surface area contributed by atoms with E-state index in [-0.39, 0.29) is 44.5 Å². The fourth-order valence-electron chi connectivity index (χ4n) is 4.66. The van der Waals surface area contributed by atoms with Gasteiger partial charge in [0, 0.05) is 43.0 Å². The molecule has 2 aromatic carbocycles. The minimum absolute atomic E-state index is 0.0894. The first-order valence-electron chi connectivity index (χ1n) is 13.1. The lowest BCUT2D eigenvalue weighted by atomic mass is 9.77.